The molecule has 8 nitrogen and oxygen atoms in total. The maximum atomic E-state index is 12.3. The van der Waals surface area contributed by atoms with Gasteiger partial charge in [-0.1, -0.05) is 17.7 Å². The van der Waals surface area contributed by atoms with E-state index in [9.17, 15) is 19.7 Å². The van der Waals surface area contributed by atoms with E-state index in [-0.39, 0.29) is 22.0 Å². The van der Waals surface area contributed by atoms with Crippen LogP contribution in [0.5, 0.6) is 0 Å². The van der Waals surface area contributed by atoms with E-state index in [4.69, 9.17) is 16.0 Å². The molecule has 0 saturated carbocycles. The second-order valence-corrected chi connectivity index (χ2v) is 5.80. The molecule has 3 aromatic rings. The van der Waals surface area contributed by atoms with Crippen LogP contribution in [-0.2, 0) is 0 Å². The summed E-state index contributed by atoms with van der Waals surface area (Å²) >= 11 is 5.75. The molecule has 0 spiro atoms. The van der Waals surface area contributed by atoms with Crippen LogP contribution in [0.2, 0.25) is 5.02 Å². The van der Waals surface area contributed by atoms with Crippen molar-refractivity contribution in [1.29, 1.82) is 0 Å². The molecule has 0 saturated heterocycles. The summed E-state index contributed by atoms with van der Waals surface area (Å²) in [4.78, 5) is 34.6. The van der Waals surface area contributed by atoms with E-state index in [1.807, 2.05) is 0 Å². The van der Waals surface area contributed by atoms with Gasteiger partial charge in [0.25, 0.3) is 17.5 Å². The van der Waals surface area contributed by atoms with Gasteiger partial charge in [0.2, 0.25) is 0 Å². The molecule has 136 valence electrons. The quantitative estimate of drug-likeness (QED) is 0.500. The van der Waals surface area contributed by atoms with Crippen molar-refractivity contribution >= 4 is 40.5 Å². The van der Waals surface area contributed by atoms with Crippen molar-refractivity contribution in [3.63, 3.8) is 0 Å². The second kappa shape index (κ2) is 7.71. The molecule has 0 atom stereocenters. The van der Waals surface area contributed by atoms with Gasteiger partial charge >= 0.3 is 0 Å². The number of anilines is 2. The highest BCUT2D eigenvalue weighted by molar-refractivity contribution is 6.32. The van der Waals surface area contributed by atoms with Crippen molar-refractivity contribution in [2.75, 3.05) is 10.6 Å². The average Bonchev–Trinajstić information content (AvgIpc) is 3.17. The maximum Gasteiger partial charge on any atom is 0.291 e. The van der Waals surface area contributed by atoms with E-state index in [0.717, 1.165) is 6.07 Å². The van der Waals surface area contributed by atoms with E-state index in [1.54, 1.807) is 30.3 Å². The minimum atomic E-state index is -0.663. The van der Waals surface area contributed by atoms with Gasteiger partial charge in [0.1, 0.15) is 5.02 Å². The Labute approximate surface area is 157 Å². The van der Waals surface area contributed by atoms with Gasteiger partial charge in [0.05, 0.1) is 11.2 Å². The van der Waals surface area contributed by atoms with Crippen LogP contribution in [0.1, 0.15) is 20.9 Å². The molecule has 0 fully saturated rings. The molecular formula is C18H12ClN3O5. The Morgan fingerprint density at radius 3 is 2.30 bits per heavy atom. The average molecular weight is 386 g/mol. The number of nitro groups is 1. The molecule has 9 heteroatoms. The summed E-state index contributed by atoms with van der Waals surface area (Å²) in [5.41, 5.74) is 0.561. The van der Waals surface area contributed by atoms with Gasteiger partial charge in [0, 0.05) is 23.0 Å². The highest BCUT2D eigenvalue weighted by Gasteiger charge is 2.16. The number of nitrogens with zero attached hydrogens (tertiary/aromatic N) is 1. The standard InChI is InChI=1S/C18H12ClN3O5/c19-14-7-6-11(9-15(14)22(25)26)17(23)20-12-3-1-4-13(10-12)21-18(24)16-5-2-8-27-16/h1-10H,(H,20,23)(H,21,24). The van der Waals surface area contributed by atoms with E-state index >= 15 is 0 Å². The Hall–Kier alpha value is -3.65. The predicted octanol–water partition coefficient (Wildman–Crippen LogP) is 4.35. The topological polar surface area (TPSA) is 114 Å². The van der Waals surface area contributed by atoms with Crippen molar-refractivity contribution in [3.8, 4) is 0 Å². The summed E-state index contributed by atoms with van der Waals surface area (Å²) in [6, 6.07) is 13.3. The molecule has 27 heavy (non-hydrogen) atoms. The minimum Gasteiger partial charge on any atom is -0.459 e. The number of carbonyl (C=O) groups is 2. The Morgan fingerprint density at radius 1 is 0.963 bits per heavy atom. The van der Waals surface area contributed by atoms with Crippen LogP contribution in [0.3, 0.4) is 0 Å². The van der Waals surface area contributed by atoms with Gasteiger partial charge in [-0.25, -0.2) is 0 Å². The number of carbonyl (C=O) groups excluding carboxylic acids is 2. The number of benzene rings is 2. The minimum absolute atomic E-state index is 0.0563. The molecule has 0 bridgehead atoms. The molecule has 1 heterocycles. The number of rotatable bonds is 5. The van der Waals surface area contributed by atoms with Crippen LogP contribution in [0, 0.1) is 10.1 Å². The Kier molecular flexibility index (Phi) is 5.18. The molecule has 3 rings (SSSR count). The predicted molar refractivity (Wildman–Crippen MR) is 99.2 cm³/mol. The van der Waals surface area contributed by atoms with E-state index in [1.165, 1.54) is 24.5 Å². The third-order valence-electron chi connectivity index (χ3n) is 3.53. The largest absolute Gasteiger partial charge is 0.459 e. The van der Waals surface area contributed by atoms with Crippen molar-refractivity contribution < 1.29 is 18.9 Å². The fourth-order valence-electron chi connectivity index (χ4n) is 2.27. The van der Waals surface area contributed by atoms with Crippen LogP contribution in [0.4, 0.5) is 17.1 Å². The molecule has 1 aromatic heterocycles. The number of halogens is 1. The van der Waals surface area contributed by atoms with E-state index in [2.05, 4.69) is 10.6 Å². The zero-order valence-electron chi connectivity index (χ0n) is 13.6. The lowest BCUT2D eigenvalue weighted by Gasteiger charge is -2.08. The SMILES string of the molecule is O=C(Nc1cccc(NC(=O)c2ccco2)c1)c1ccc(Cl)c([N+](=O)[O-])c1. The van der Waals surface area contributed by atoms with Crippen LogP contribution in [0.25, 0.3) is 0 Å². The fourth-order valence-corrected chi connectivity index (χ4v) is 2.46. The maximum absolute atomic E-state index is 12.3. The van der Waals surface area contributed by atoms with Gasteiger partial charge in [-0.15, -0.1) is 0 Å². The van der Waals surface area contributed by atoms with Gasteiger partial charge in [-0.05, 0) is 42.5 Å². The molecule has 2 N–H and O–H groups in total. The van der Waals surface area contributed by atoms with Crippen molar-refractivity contribution in [1.82, 2.24) is 0 Å². The normalized spacial score (nSPS) is 10.3. The van der Waals surface area contributed by atoms with Gasteiger partial charge < -0.3 is 15.1 Å². The monoisotopic (exact) mass is 385 g/mol. The first kappa shape index (κ1) is 18.2. The lowest BCUT2D eigenvalue weighted by molar-refractivity contribution is -0.384. The summed E-state index contributed by atoms with van der Waals surface area (Å²) < 4.78 is 5.01. The summed E-state index contributed by atoms with van der Waals surface area (Å²) in [7, 11) is 0. The second-order valence-electron chi connectivity index (χ2n) is 5.39. The summed E-state index contributed by atoms with van der Waals surface area (Å²) in [6.45, 7) is 0. The highest BCUT2D eigenvalue weighted by Crippen LogP contribution is 2.25. The van der Waals surface area contributed by atoms with Gasteiger partial charge in [-0.3, -0.25) is 19.7 Å². The van der Waals surface area contributed by atoms with E-state index < -0.39 is 16.7 Å². The van der Waals surface area contributed by atoms with Crippen LogP contribution < -0.4 is 10.6 Å². The van der Waals surface area contributed by atoms with Crippen molar-refractivity contribution in [2.24, 2.45) is 0 Å². The Morgan fingerprint density at radius 2 is 1.67 bits per heavy atom. The first-order valence-corrected chi connectivity index (χ1v) is 8.02. The first-order chi connectivity index (χ1) is 12.9. The van der Waals surface area contributed by atoms with Gasteiger partial charge in [0.15, 0.2) is 5.76 Å². The highest BCUT2D eigenvalue weighted by atomic mass is 35.5. The smallest absolute Gasteiger partial charge is 0.291 e. The summed E-state index contributed by atoms with van der Waals surface area (Å²) in [5.74, 6) is -0.834. The number of amides is 2. The molecule has 2 aromatic carbocycles. The van der Waals surface area contributed by atoms with Crippen molar-refractivity contribution in [3.05, 3.63) is 87.3 Å². The van der Waals surface area contributed by atoms with Crippen LogP contribution in [0.15, 0.2) is 65.3 Å². The van der Waals surface area contributed by atoms with Crippen LogP contribution in [-0.4, -0.2) is 16.7 Å². The third-order valence-corrected chi connectivity index (χ3v) is 3.85. The number of nitro benzene ring substituents is 1. The number of hydrogen-bond acceptors (Lipinski definition) is 5. The molecule has 0 aliphatic heterocycles. The Balaban J connectivity index is 1.74. The molecular weight excluding hydrogens is 374 g/mol. The number of furan rings is 1. The fraction of sp³-hybridized carbons (Fsp3) is 0. The van der Waals surface area contributed by atoms with Gasteiger partial charge in [-0.2, -0.15) is 0 Å². The molecule has 0 radical (unpaired) electrons. The number of hydrogen-bond donors (Lipinski definition) is 2. The zero-order chi connectivity index (χ0) is 19.4. The lowest BCUT2D eigenvalue weighted by Crippen LogP contribution is -2.13. The molecule has 0 aliphatic rings. The lowest BCUT2D eigenvalue weighted by atomic mass is 10.2. The zero-order valence-corrected chi connectivity index (χ0v) is 14.4. The summed E-state index contributed by atoms with van der Waals surface area (Å²) in [6.07, 6.45) is 1.39. The Bertz CT molecular complexity index is 1020. The molecule has 0 unspecified atom stereocenters. The molecule has 2 amide bonds. The molecule has 0 aliphatic carbocycles. The van der Waals surface area contributed by atoms with Crippen molar-refractivity contribution in [2.45, 2.75) is 0 Å². The van der Waals surface area contributed by atoms with Crippen LogP contribution >= 0.6 is 11.6 Å². The third kappa shape index (κ3) is 4.31. The van der Waals surface area contributed by atoms with E-state index in [0.29, 0.717) is 11.4 Å². The number of nitrogens with one attached hydrogen (secondary N) is 2. The first-order valence-electron chi connectivity index (χ1n) is 7.64. The summed E-state index contributed by atoms with van der Waals surface area (Å²) in [5, 5.41) is 16.1.